The van der Waals surface area contributed by atoms with Gasteiger partial charge in [0.05, 0.1) is 18.5 Å². The Hall–Kier alpha value is -3.00. The molecule has 0 saturated heterocycles. The van der Waals surface area contributed by atoms with Crippen LogP contribution in [-0.4, -0.2) is 27.6 Å². The molecule has 4 aromatic rings. The Morgan fingerprint density at radius 3 is 2.85 bits per heavy atom. The van der Waals surface area contributed by atoms with Crippen LogP contribution in [0.25, 0.3) is 21.9 Å². The number of benzene rings is 2. The zero-order valence-corrected chi connectivity index (χ0v) is 15.9. The molecule has 0 aliphatic carbocycles. The summed E-state index contributed by atoms with van der Waals surface area (Å²) in [6.45, 7) is 1.97. The highest BCUT2D eigenvalue weighted by atomic mass is 79.9. The lowest BCUT2D eigenvalue weighted by molar-refractivity contribution is 0.0490. The lowest BCUT2D eigenvalue weighted by atomic mass is 10.1. The van der Waals surface area contributed by atoms with E-state index in [4.69, 9.17) is 9.15 Å². The average molecular weight is 428 g/mol. The molecule has 2 aromatic heterocycles. The van der Waals surface area contributed by atoms with Crippen molar-refractivity contribution in [1.82, 2.24) is 15.0 Å². The Morgan fingerprint density at radius 1 is 1.22 bits per heavy atom. The summed E-state index contributed by atoms with van der Waals surface area (Å²) in [7, 11) is 0. The van der Waals surface area contributed by atoms with E-state index in [0.29, 0.717) is 27.4 Å². The van der Waals surface area contributed by atoms with Crippen LogP contribution in [0.15, 0.2) is 56.1 Å². The minimum Gasteiger partial charge on any atom is -0.460 e. The number of rotatable bonds is 4. The summed E-state index contributed by atoms with van der Waals surface area (Å²) in [4.78, 5) is 25.1. The highest BCUT2D eigenvalue weighted by molar-refractivity contribution is 9.10. The molecule has 27 heavy (non-hydrogen) atoms. The minimum atomic E-state index is -0.582. The number of esters is 1. The molecule has 7 nitrogen and oxygen atoms in total. The SMILES string of the molecule is CCOC(=O)c1oc2ccc(Br)cc2c1Cn1nnc2ccccc2c1=O. The van der Waals surface area contributed by atoms with Gasteiger partial charge >= 0.3 is 5.97 Å². The average Bonchev–Trinajstić information content (AvgIpc) is 3.02. The Kier molecular flexibility index (Phi) is 4.49. The van der Waals surface area contributed by atoms with Crippen LogP contribution < -0.4 is 5.56 Å². The van der Waals surface area contributed by atoms with Crippen molar-refractivity contribution in [2.75, 3.05) is 6.61 Å². The number of nitrogens with zero attached hydrogens (tertiary/aromatic N) is 3. The van der Waals surface area contributed by atoms with Crippen molar-refractivity contribution in [2.24, 2.45) is 0 Å². The molecule has 0 radical (unpaired) electrons. The van der Waals surface area contributed by atoms with Crippen LogP contribution in [0.5, 0.6) is 0 Å². The fourth-order valence-electron chi connectivity index (χ4n) is 2.92. The zero-order valence-electron chi connectivity index (χ0n) is 14.3. The van der Waals surface area contributed by atoms with Gasteiger partial charge in [0.1, 0.15) is 11.1 Å². The normalized spacial score (nSPS) is 11.2. The van der Waals surface area contributed by atoms with Gasteiger partial charge in [-0.25, -0.2) is 9.48 Å². The number of fused-ring (bicyclic) bond motifs is 2. The molecule has 4 rings (SSSR count). The van der Waals surface area contributed by atoms with Gasteiger partial charge in [0.25, 0.3) is 5.56 Å². The molecule has 0 bridgehead atoms. The van der Waals surface area contributed by atoms with Crippen LogP contribution in [0.4, 0.5) is 0 Å². The molecule has 2 aromatic carbocycles. The van der Waals surface area contributed by atoms with Crippen LogP contribution in [0.3, 0.4) is 0 Å². The highest BCUT2D eigenvalue weighted by Crippen LogP contribution is 2.29. The molecule has 0 N–H and O–H groups in total. The molecule has 2 heterocycles. The van der Waals surface area contributed by atoms with Gasteiger partial charge in [0, 0.05) is 15.4 Å². The van der Waals surface area contributed by atoms with Gasteiger partial charge < -0.3 is 9.15 Å². The molecule has 0 fully saturated rings. The van der Waals surface area contributed by atoms with Crippen LogP contribution in [0.2, 0.25) is 0 Å². The zero-order chi connectivity index (χ0) is 19.0. The van der Waals surface area contributed by atoms with Crippen molar-refractivity contribution in [3.8, 4) is 0 Å². The molecule has 0 unspecified atom stereocenters. The molecule has 0 aliphatic heterocycles. The second kappa shape index (κ2) is 6.96. The minimum absolute atomic E-state index is 0.0360. The van der Waals surface area contributed by atoms with Crippen molar-refractivity contribution in [3.63, 3.8) is 0 Å². The number of halogens is 1. The second-order valence-corrected chi connectivity index (χ2v) is 6.76. The third-order valence-electron chi connectivity index (χ3n) is 4.15. The van der Waals surface area contributed by atoms with Crippen molar-refractivity contribution in [1.29, 1.82) is 0 Å². The number of hydrogen-bond donors (Lipinski definition) is 0. The maximum Gasteiger partial charge on any atom is 0.374 e. The first-order chi connectivity index (χ1) is 13.1. The summed E-state index contributed by atoms with van der Waals surface area (Å²) < 4.78 is 12.8. The first kappa shape index (κ1) is 17.4. The molecule has 0 atom stereocenters. The summed E-state index contributed by atoms with van der Waals surface area (Å²) in [5.74, 6) is -0.520. The molecular weight excluding hydrogens is 414 g/mol. The van der Waals surface area contributed by atoms with Crippen LogP contribution >= 0.6 is 15.9 Å². The van der Waals surface area contributed by atoms with Crippen LogP contribution in [-0.2, 0) is 11.3 Å². The first-order valence-corrected chi connectivity index (χ1v) is 9.08. The standard InChI is InChI=1S/C19H14BrN3O4/c1-2-26-19(25)17-14(13-9-11(20)7-8-16(13)27-17)10-23-18(24)12-5-3-4-6-15(12)21-22-23/h3-9H,2,10H2,1H3. The van der Waals surface area contributed by atoms with Crippen LogP contribution in [0, 0.1) is 0 Å². The van der Waals surface area contributed by atoms with Crippen molar-refractivity contribution >= 4 is 43.8 Å². The summed E-state index contributed by atoms with van der Waals surface area (Å²) in [6, 6.07) is 12.4. The number of hydrogen-bond acceptors (Lipinski definition) is 6. The predicted octanol–water partition coefficient (Wildman–Crippen LogP) is 3.53. The summed E-state index contributed by atoms with van der Waals surface area (Å²) in [5, 5.41) is 9.25. The summed E-state index contributed by atoms with van der Waals surface area (Å²) >= 11 is 3.42. The molecule has 8 heteroatoms. The van der Waals surface area contributed by atoms with Gasteiger partial charge in [0.15, 0.2) is 0 Å². The Morgan fingerprint density at radius 2 is 2.04 bits per heavy atom. The van der Waals surface area contributed by atoms with Crippen LogP contribution in [0.1, 0.15) is 23.0 Å². The molecule has 136 valence electrons. The van der Waals surface area contributed by atoms with Gasteiger partial charge in [-0.3, -0.25) is 4.79 Å². The van der Waals surface area contributed by atoms with Gasteiger partial charge in [-0.05, 0) is 37.3 Å². The number of aromatic nitrogens is 3. The fraction of sp³-hybridized carbons (Fsp3) is 0.158. The predicted molar refractivity (Wildman–Crippen MR) is 103 cm³/mol. The van der Waals surface area contributed by atoms with Gasteiger partial charge in [-0.15, -0.1) is 5.10 Å². The maximum absolute atomic E-state index is 12.8. The largest absolute Gasteiger partial charge is 0.460 e. The number of ether oxygens (including phenoxy) is 1. The van der Waals surface area contributed by atoms with E-state index in [2.05, 4.69) is 26.2 Å². The van der Waals surface area contributed by atoms with Crippen molar-refractivity contribution in [3.05, 3.63) is 68.6 Å². The number of carbonyl (C=O) groups is 1. The molecule has 0 aliphatic rings. The Balaban J connectivity index is 1.89. The van der Waals surface area contributed by atoms with Crippen molar-refractivity contribution in [2.45, 2.75) is 13.5 Å². The number of furan rings is 1. The highest BCUT2D eigenvalue weighted by Gasteiger charge is 2.23. The quantitative estimate of drug-likeness (QED) is 0.463. The monoisotopic (exact) mass is 427 g/mol. The molecule has 0 saturated carbocycles. The summed E-state index contributed by atoms with van der Waals surface area (Å²) in [5.41, 5.74) is 1.28. The van der Waals surface area contributed by atoms with E-state index >= 15 is 0 Å². The van der Waals surface area contributed by atoms with Gasteiger partial charge in [-0.1, -0.05) is 33.3 Å². The number of carbonyl (C=O) groups excluding carboxylic acids is 1. The third kappa shape index (κ3) is 3.12. The lowest BCUT2D eigenvalue weighted by Gasteiger charge is -2.06. The smallest absolute Gasteiger partial charge is 0.374 e. The topological polar surface area (TPSA) is 87.2 Å². The van der Waals surface area contributed by atoms with Gasteiger partial charge in [0.2, 0.25) is 5.76 Å². The Bertz CT molecular complexity index is 1230. The first-order valence-electron chi connectivity index (χ1n) is 8.29. The van der Waals surface area contributed by atoms with E-state index in [0.717, 1.165) is 4.47 Å². The Labute approximate surface area is 161 Å². The maximum atomic E-state index is 12.8. The van der Waals surface area contributed by atoms with E-state index in [9.17, 15) is 9.59 Å². The molecule has 0 spiro atoms. The second-order valence-electron chi connectivity index (χ2n) is 5.84. The van der Waals surface area contributed by atoms with Crippen molar-refractivity contribution < 1.29 is 13.9 Å². The van der Waals surface area contributed by atoms with E-state index in [1.165, 1.54) is 4.68 Å². The molecule has 0 amide bonds. The van der Waals surface area contributed by atoms with E-state index < -0.39 is 5.97 Å². The van der Waals surface area contributed by atoms with E-state index in [1.54, 1.807) is 37.3 Å². The van der Waals surface area contributed by atoms with E-state index in [1.807, 2.05) is 12.1 Å². The van der Waals surface area contributed by atoms with E-state index in [-0.39, 0.29) is 24.5 Å². The fourth-order valence-corrected chi connectivity index (χ4v) is 3.28. The third-order valence-corrected chi connectivity index (χ3v) is 4.64. The van der Waals surface area contributed by atoms with Gasteiger partial charge in [-0.2, -0.15) is 0 Å². The lowest BCUT2D eigenvalue weighted by Crippen LogP contribution is -2.25. The molecular formula is C19H14BrN3O4. The summed E-state index contributed by atoms with van der Waals surface area (Å²) in [6.07, 6.45) is 0.